The summed E-state index contributed by atoms with van der Waals surface area (Å²) in [6, 6.07) is 15.3. The summed E-state index contributed by atoms with van der Waals surface area (Å²) in [6.07, 6.45) is 6.77. The maximum Gasteiger partial charge on any atom is 0.260 e. The zero-order valence-corrected chi connectivity index (χ0v) is 13.8. The van der Waals surface area contributed by atoms with Crippen LogP contribution in [0.2, 0.25) is 0 Å². The van der Waals surface area contributed by atoms with Crippen LogP contribution in [-0.2, 0) is 11.3 Å². The summed E-state index contributed by atoms with van der Waals surface area (Å²) in [4.78, 5) is 16.2. The summed E-state index contributed by atoms with van der Waals surface area (Å²) in [5, 5.41) is 3.92. The zero-order chi connectivity index (χ0) is 17.5. The van der Waals surface area contributed by atoms with Gasteiger partial charge in [-0.25, -0.2) is 10.4 Å². The molecule has 0 saturated heterocycles. The van der Waals surface area contributed by atoms with E-state index in [9.17, 15) is 4.79 Å². The van der Waals surface area contributed by atoms with Crippen LogP contribution in [0.15, 0.2) is 66.0 Å². The molecule has 25 heavy (non-hydrogen) atoms. The Morgan fingerprint density at radius 2 is 2.04 bits per heavy atom. The zero-order valence-electron chi connectivity index (χ0n) is 13.8. The number of hydrogen-bond donors (Lipinski definition) is 1. The fourth-order valence-electron chi connectivity index (χ4n) is 2.43. The molecule has 0 saturated carbocycles. The molecule has 0 radical (unpaired) electrons. The second-order valence-electron chi connectivity index (χ2n) is 5.28. The standard InChI is InChI=1S/C19H18N4O2/c1-25-18-11-5-2-7-15(18)8-6-12-21-22-19(24)13-23-14-20-16-9-3-4-10-17(16)23/h2-12,14H,13H2,1H3,(H,22,24). The molecular formula is C19H18N4O2. The van der Waals surface area contributed by atoms with Crippen molar-refractivity contribution in [1.82, 2.24) is 15.0 Å². The third-order valence-corrected chi connectivity index (χ3v) is 3.61. The van der Waals surface area contributed by atoms with Crippen molar-refractivity contribution in [3.63, 3.8) is 0 Å². The molecule has 0 aliphatic heterocycles. The van der Waals surface area contributed by atoms with E-state index in [1.165, 1.54) is 6.21 Å². The molecular weight excluding hydrogens is 316 g/mol. The molecule has 1 amide bonds. The van der Waals surface area contributed by atoms with Gasteiger partial charge in [-0.05, 0) is 30.4 Å². The first-order valence-electron chi connectivity index (χ1n) is 7.79. The maximum absolute atomic E-state index is 12.0. The lowest BCUT2D eigenvalue weighted by atomic mass is 10.2. The molecule has 6 heteroatoms. The molecule has 0 atom stereocenters. The largest absolute Gasteiger partial charge is 0.496 e. The Morgan fingerprint density at radius 3 is 2.92 bits per heavy atom. The molecule has 1 aromatic heterocycles. The summed E-state index contributed by atoms with van der Waals surface area (Å²) >= 11 is 0. The number of aromatic nitrogens is 2. The lowest BCUT2D eigenvalue weighted by molar-refractivity contribution is -0.121. The van der Waals surface area contributed by atoms with Gasteiger partial charge >= 0.3 is 0 Å². The van der Waals surface area contributed by atoms with Crippen LogP contribution >= 0.6 is 0 Å². The maximum atomic E-state index is 12.0. The third kappa shape index (κ3) is 4.11. The number of methoxy groups -OCH3 is 1. The minimum Gasteiger partial charge on any atom is -0.496 e. The van der Waals surface area contributed by atoms with Crippen LogP contribution in [0, 0.1) is 0 Å². The average Bonchev–Trinajstić information content (AvgIpc) is 3.05. The molecule has 0 spiro atoms. The lowest BCUT2D eigenvalue weighted by Crippen LogP contribution is -2.22. The highest BCUT2D eigenvalue weighted by Gasteiger charge is 2.05. The summed E-state index contributed by atoms with van der Waals surface area (Å²) in [5.41, 5.74) is 5.21. The molecule has 1 heterocycles. The smallest absolute Gasteiger partial charge is 0.260 e. The quantitative estimate of drug-likeness (QED) is 0.557. The molecule has 3 rings (SSSR count). The van der Waals surface area contributed by atoms with Gasteiger partial charge in [0.1, 0.15) is 12.3 Å². The van der Waals surface area contributed by atoms with E-state index >= 15 is 0 Å². The molecule has 2 aromatic carbocycles. The topological polar surface area (TPSA) is 68.5 Å². The fraction of sp³-hybridized carbons (Fsp3) is 0.105. The van der Waals surface area contributed by atoms with Gasteiger partial charge in [-0.3, -0.25) is 4.79 Å². The number of hydrazone groups is 1. The summed E-state index contributed by atoms with van der Waals surface area (Å²) in [7, 11) is 1.63. The van der Waals surface area contributed by atoms with Crippen molar-refractivity contribution in [2.75, 3.05) is 7.11 Å². The number of nitrogens with one attached hydrogen (secondary N) is 1. The van der Waals surface area contributed by atoms with Gasteiger partial charge in [-0.2, -0.15) is 5.10 Å². The molecule has 6 nitrogen and oxygen atoms in total. The van der Waals surface area contributed by atoms with Crippen LogP contribution in [0.1, 0.15) is 5.56 Å². The van der Waals surface area contributed by atoms with Crippen molar-refractivity contribution in [2.24, 2.45) is 5.10 Å². The van der Waals surface area contributed by atoms with Crippen molar-refractivity contribution in [1.29, 1.82) is 0 Å². The molecule has 0 fully saturated rings. The Kier molecular flexibility index (Phi) is 5.21. The number of benzene rings is 2. The van der Waals surface area contributed by atoms with Gasteiger partial charge in [0.15, 0.2) is 0 Å². The van der Waals surface area contributed by atoms with Crippen molar-refractivity contribution in [3.8, 4) is 5.75 Å². The van der Waals surface area contributed by atoms with Crippen LogP contribution in [0.4, 0.5) is 0 Å². The Morgan fingerprint density at radius 1 is 1.24 bits per heavy atom. The number of imidazole rings is 1. The van der Waals surface area contributed by atoms with E-state index in [2.05, 4.69) is 15.5 Å². The van der Waals surface area contributed by atoms with Crippen LogP contribution in [-0.4, -0.2) is 28.8 Å². The number of rotatable bonds is 6. The number of hydrogen-bond acceptors (Lipinski definition) is 4. The van der Waals surface area contributed by atoms with Gasteiger partial charge < -0.3 is 9.30 Å². The van der Waals surface area contributed by atoms with E-state index in [1.807, 2.05) is 54.6 Å². The van der Waals surface area contributed by atoms with E-state index in [0.717, 1.165) is 22.3 Å². The SMILES string of the molecule is COc1ccccc1C=CC=NNC(=O)Cn1cnc2ccccc21. The first-order valence-corrected chi connectivity index (χ1v) is 7.79. The summed E-state index contributed by atoms with van der Waals surface area (Å²) < 4.78 is 7.04. The van der Waals surface area contributed by atoms with Gasteiger partial charge in [0.2, 0.25) is 0 Å². The number of ether oxygens (including phenoxy) is 1. The number of nitrogens with zero attached hydrogens (tertiary/aromatic N) is 3. The Labute approximate surface area is 145 Å². The number of carbonyl (C=O) groups excluding carboxylic acids is 1. The van der Waals surface area contributed by atoms with Gasteiger partial charge in [-0.1, -0.05) is 30.3 Å². The summed E-state index contributed by atoms with van der Waals surface area (Å²) in [5.74, 6) is 0.563. The van der Waals surface area contributed by atoms with E-state index in [4.69, 9.17) is 4.74 Å². The number of allylic oxidation sites excluding steroid dienone is 1. The number of para-hydroxylation sites is 3. The monoisotopic (exact) mass is 334 g/mol. The first-order chi connectivity index (χ1) is 12.3. The van der Waals surface area contributed by atoms with Gasteiger partial charge in [0, 0.05) is 11.8 Å². The molecule has 1 N–H and O–H groups in total. The molecule has 3 aromatic rings. The van der Waals surface area contributed by atoms with Crippen molar-refractivity contribution < 1.29 is 9.53 Å². The fourth-order valence-corrected chi connectivity index (χ4v) is 2.43. The highest BCUT2D eigenvalue weighted by molar-refractivity contribution is 5.83. The van der Waals surface area contributed by atoms with Crippen molar-refractivity contribution >= 4 is 29.2 Å². The predicted octanol–water partition coefficient (Wildman–Crippen LogP) is 2.86. The van der Waals surface area contributed by atoms with Crippen LogP contribution in [0.25, 0.3) is 17.1 Å². The molecule has 0 unspecified atom stereocenters. The Hall–Kier alpha value is -3.41. The van der Waals surface area contributed by atoms with E-state index in [1.54, 1.807) is 24.1 Å². The molecule has 0 bridgehead atoms. The minimum atomic E-state index is -0.218. The van der Waals surface area contributed by atoms with Gasteiger partial charge in [0.25, 0.3) is 5.91 Å². The van der Waals surface area contributed by atoms with Crippen LogP contribution < -0.4 is 10.2 Å². The van der Waals surface area contributed by atoms with Crippen LogP contribution in [0.5, 0.6) is 5.75 Å². The highest BCUT2D eigenvalue weighted by Crippen LogP contribution is 2.18. The lowest BCUT2D eigenvalue weighted by Gasteiger charge is -2.03. The number of carbonyl (C=O) groups is 1. The molecule has 0 aliphatic rings. The second kappa shape index (κ2) is 7.92. The first kappa shape index (κ1) is 16.4. The molecule has 0 aliphatic carbocycles. The van der Waals surface area contributed by atoms with E-state index in [-0.39, 0.29) is 12.5 Å². The predicted molar refractivity (Wildman–Crippen MR) is 98.4 cm³/mol. The van der Waals surface area contributed by atoms with Crippen molar-refractivity contribution in [2.45, 2.75) is 6.54 Å². The van der Waals surface area contributed by atoms with Crippen molar-refractivity contribution in [3.05, 3.63) is 66.5 Å². The Bertz CT molecular complexity index is 928. The highest BCUT2D eigenvalue weighted by atomic mass is 16.5. The van der Waals surface area contributed by atoms with Gasteiger partial charge in [0.05, 0.1) is 24.5 Å². The normalized spacial score (nSPS) is 11.4. The van der Waals surface area contributed by atoms with E-state index < -0.39 is 0 Å². The third-order valence-electron chi connectivity index (χ3n) is 3.61. The van der Waals surface area contributed by atoms with E-state index in [0.29, 0.717) is 0 Å². The number of fused-ring (bicyclic) bond motifs is 1. The van der Waals surface area contributed by atoms with Crippen LogP contribution in [0.3, 0.4) is 0 Å². The molecule has 126 valence electrons. The summed E-state index contributed by atoms with van der Waals surface area (Å²) in [6.45, 7) is 0.161. The number of amides is 1. The average molecular weight is 334 g/mol. The second-order valence-corrected chi connectivity index (χ2v) is 5.28. The minimum absolute atomic E-state index is 0.161. The Balaban J connectivity index is 1.55. The van der Waals surface area contributed by atoms with Gasteiger partial charge in [-0.15, -0.1) is 0 Å².